The summed E-state index contributed by atoms with van der Waals surface area (Å²) in [4.78, 5) is 4.19. The summed E-state index contributed by atoms with van der Waals surface area (Å²) >= 11 is 0. The topological polar surface area (TPSA) is 54.9 Å². The lowest BCUT2D eigenvalue weighted by atomic mass is 10.1. The minimum Gasteiger partial charge on any atom is -0.381 e. The predicted molar refractivity (Wildman–Crippen MR) is 114 cm³/mol. The van der Waals surface area contributed by atoms with Crippen LogP contribution in [0.25, 0.3) is 0 Å². The van der Waals surface area contributed by atoms with Crippen LogP contribution in [0, 0.1) is 5.82 Å². The van der Waals surface area contributed by atoms with Crippen molar-refractivity contribution in [1.82, 2.24) is 10.6 Å². The number of ether oxygens (including phenoxy) is 2. The second-order valence-electron chi connectivity index (χ2n) is 6.46. The van der Waals surface area contributed by atoms with E-state index in [-0.39, 0.29) is 42.2 Å². The summed E-state index contributed by atoms with van der Waals surface area (Å²) in [5.74, 6) is -0.513. The molecular formula is C19H28F4IN3O2. The zero-order valence-corrected chi connectivity index (χ0v) is 18.7. The molecule has 1 aromatic carbocycles. The number of rotatable bonds is 8. The Labute approximate surface area is 185 Å². The summed E-state index contributed by atoms with van der Waals surface area (Å²) in [7, 11) is 0. The Bertz CT molecular complexity index is 638. The molecule has 0 radical (unpaired) electrons. The first-order valence-electron chi connectivity index (χ1n) is 9.47. The van der Waals surface area contributed by atoms with Gasteiger partial charge in [0.05, 0.1) is 18.2 Å². The van der Waals surface area contributed by atoms with E-state index >= 15 is 0 Å². The van der Waals surface area contributed by atoms with Gasteiger partial charge in [-0.1, -0.05) is 6.07 Å². The van der Waals surface area contributed by atoms with E-state index in [0.717, 1.165) is 44.6 Å². The largest absolute Gasteiger partial charge is 0.416 e. The van der Waals surface area contributed by atoms with E-state index in [9.17, 15) is 17.6 Å². The molecular weight excluding hydrogens is 505 g/mol. The molecule has 1 aliphatic rings. The molecule has 2 rings (SSSR count). The Balaban J connectivity index is 0.00000420. The van der Waals surface area contributed by atoms with Crippen LogP contribution in [0.1, 0.15) is 37.3 Å². The van der Waals surface area contributed by atoms with Gasteiger partial charge in [-0.05, 0) is 43.9 Å². The number of alkyl halides is 3. The Morgan fingerprint density at radius 3 is 2.62 bits per heavy atom. The van der Waals surface area contributed by atoms with Crippen molar-refractivity contribution in [2.75, 3.05) is 32.9 Å². The molecule has 0 spiro atoms. The molecule has 1 aromatic rings. The van der Waals surface area contributed by atoms with Crippen molar-refractivity contribution in [3.8, 4) is 0 Å². The van der Waals surface area contributed by atoms with Gasteiger partial charge >= 0.3 is 6.18 Å². The molecule has 1 fully saturated rings. The fraction of sp³-hybridized carbons (Fsp3) is 0.632. The SMILES string of the molecule is CCNC(=NCc1ccc(F)cc1C(F)(F)F)NCCCOC1CCOCC1.I. The predicted octanol–water partition coefficient (Wildman–Crippen LogP) is 4.10. The molecule has 0 bridgehead atoms. The van der Waals surface area contributed by atoms with Gasteiger partial charge in [0.25, 0.3) is 0 Å². The van der Waals surface area contributed by atoms with Crippen LogP contribution in [0.4, 0.5) is 17.6 Å². The Morgan fingerprint density at radius 1 is 1.24 bits per heavy atom. The third-order valence-corrected chi connectivity index (χ3v) is 4.26. The number of aliphatic imine (C=N–C) groups is 1. The van der Waals surface area contributed by atoms with Gasteiger partial charge in [0, 0.05) is 32.9 Å². The first kappa shape index (κ1) is 25.9. The molecule has 1 aliphatic heterocycles. The molecule has 29 heavy (non-hydrogen) atoms. The smallest absolute Gasteiger partial charge is 0.381 e. The molecule has 1 saturated heterocycles. The summed E-state index contributed by atoms with van der Waals surface area (Å²) in [5, 5.41) is 6.07. The molecule has 5 nitrogen and oxygen atoms in total. The third kappa shape index (κ3) is 9.47. The molecule has 0 atom stereocenters. The van der Waals surface area contributed by atoms with Gasteiger partial charge in [-0.2, -0.15) is 13.2 Å². The lowest BCUT2D eigenvalue weighted by Gasteiger charge is -2.22. The fourth-order valence-corrected chi connectivity index (χ4v) is 2.83. The van der Waals surface area contributed by atoms with Crippen molar-refractivity contribution < 1.29 is 27.0 Å². The number of hydrogen-bond donors (Lipinski definition) is 2. The highest BCUT2D eigenvalue weighted by atomic mass is 127. The van der Waals surface area contributed by atoms with Gasteiger partial charge in [-0.3, -0.25) is 0 Å². The molecule has 0 saturated carbocycles. The van der Waals surface area contributed by atoms with Gasteiger partial charge in [-0.15, -0.1) is 24.0 Å². The standard InChI is InChI=1S/C19H27F4N3O2.HI/c1-2-24-18(25-8-3-9-28-16-6-10-27-11-7-16)26-13-14-4-5-15(20)12-17(14)19(21,22)23;/h4-5,12,16H,2-3,6-11,13H2,1H3,(H2,24,25,26);1H. The van der Waals surface area contributed by atoms with Crippen LogP contribution in [0.2, 0.25) is 0 Å². The number of nitrogens with zero attached hydrogens (tertiary/aromatic N) is 1. The maximum atomic E-state index is 13.2. The Morgan fingerprint density at radius 2 is 1.97 bits per heavy atom. The van der Waals surface area contributed by atoms with E-state index in [1.54, 1.807) is 0 Å². The number of nitrogens with one attached hydrogen (secondary N) is 2. The maximum Gasteiger partial charge on any atom is 0.416 e. The molecule has 0 aliphatic carbocycles. The minimum atomic E-state index is -4.62. The van der Waals surface area contributed by atoms with Gasteiger partial charge < -0.3 is 20.1 Å². The average molecular weight is 533 g/mol. The fourth-order valence-electron chi connectivity index (χ4n) is 2.83. The Hall–Kier alpha value is -1.14. The van der Waals surface area contributed by atoms with Crippen LogP contribution in [0.3, 0.4) is 0 Å². The van der Waals surface area contributed by atoms with E-state index in [2.05, 4.69) is 15.6 Å². The second kappa shape index (κ2) is 13.2. The van der Waals surface area contributed by atoms with Crippen LogP contribution in [0.15, 0.2) is 23.2 Å². The molecule has 166 valence electrons. The van der Waals surface area contributed by atoms with Crippen LogP contribution < -0.4 is 10.6 Å². The van der Waals surface area contributed by atoms with E-state index in [0.29, 0.717) is 31.7 Å². The van der Waals surface area contributed by atoms with E-state index in [4.69, 9.17) is 9.47 Å². The molecule has 10 heteroatoms. The van der Waals surface area contributed by atoms with Crippen molar-refractivity contribution in [3.05, 3.63) is 35.1 Å². The van der Waals surface area contributed by atoms with Gasteiger partial charge in [0.1, 0.15) is 5.82 Å². The monoisotopic (exact) mass is 533 g/mol. The molecule has 2 N–H and O–H groups in total. The number of hydrogen-bond acceptors (Lipinski definition) is 3. The normalized spacial score (nSPS) is 15.7. The number of guanidine groups is 1. The van der Waals surface area contributed by atoms with Gasteiger partial charge in [-0.25, -0.2) is 9.38 Å². The van der Waals surface area contributed by atoms with E-state index in [1.807, 2.05) is 6.92 Å². The molecule has 0 amide bonds. The van der Waals surface area contributed by atoms with Crippen molar-refractivity contribution >= 4 is 29.9 Å². The summed E-state index contributed by atoms with van der Waals surface area (Å²) in [6.45, 7) is 4.85. The minimum absolute atomic E-state index is 0. The highest BCUT2D eigenvalue weighted by molar-refractivity contribution is 14.0. The zero-order valence-electron chi connectivity index (χ0n) is 16.4. The zero-order chi connectivity index (χ0) is 20.4. The molecule has 1 heterocycles. The van der Waals surface area contributed by atoms with E-state index < -0.39 is 17.6 Å². The van der Waals surface area contributed by atoms with Crippen LogP contribution in [-0.4, -0.2) is 45.0 Å². The van der Waals surface area contributed by atoms with Crippen LogP contribution in [0.5, 0.6) is 0 Å². The number of benzene rings is 1. The first-order chi connectivity index (χ1) is 13.4. The lowest BCUT2D eigenvalue weighted by molar-refractivity contribution is -0.138. The molecule has 0 aromatic heterocycles. The Kier molecular flexibility index (Phi) is 11.8. The van der Waals surface area contributed by atoms with E-state index in [1.165, 1.54) is 0 Å². The highest BCUT2D eigenvalue weighted by Gasteiger charge is 2.33. The second-order valence-corrected chi connectivity index (χ2v) is 6.46. The summed E-state index contributed by atoms with van der Waals surface area (Å²) in [6.07, 6.45) is -1.85. The lowest BCUT2D eigenvalue weighted by Crippen LogP contribution is -2.38. The van der Waals surface area contributed by atoms with Gasteiger partial charge in [0.2, 0.25) is 0 Å². The van der Waals surface area contributed by atoms with Crippen molar-refractivity contribution in [1.29, 1.82) is 0 Å². The average Bonchev–Trinajstić information content (AvgIpc) is 2.66. The van der Waals surface area contributed by atoms with Crippen molar-refractivity contribution in [3.63, 3.8) is 0 Å². The summed E-state index contributed by atoms with van der Waals surface area (Å²) in [5.41, 5.74) is -1.08. The van der Waals surface area contributed by atoms with Crippen molar-refractivity contribution in [2.24, 2.45) is 4.99 Å². The molecule has 0 unspecified atom stereocenters. The van der Waals surface area contributed by atoms with Crippen LogP contribution >= 0.6 is 24.0 Å². The van der Waals surface area contributed by atoms with Gasteiger partial charge in [0.15, 0.2) is 5.96 Å². The quantitative estimate of drug-likeness (QED) is 0.174. The highest BCUT2D eigenvalue weighted by Crippen LogP contribution is 2.32. The third-order valence-electron chi connectivity index (χ3n) is 4.26. The summed E-state index contributed by atoms with van der Waals surface area (Å²) < 4.78 is 63.5. The number of halogens is 5. The van der Waals surface area contributed by atoms with Crippen LogP contribution in [-0.2, 0) is 22.2 Å². The first-order valence-corrected chi connectivity index (χ1v) is 9.47. The summed E-state index contributed by atoms with van der Waals surface area (Å²) in [6, 6.07) is 2.62. The maximum absolute atomic E-state index is 13.2. The van der Waals surface area contributed by atoms with Crippen molar-refractivity contribution in [2.45, 2.75) is 45.0 Å².